The maximum absolute atomic E-state index is 5.91. The Labute approximate surface area is 117 Å². The monoisotopic (exact) mass is 318 g/mol. The third kappa shape index (κ3) is 3.95. The first-order chi connectivity index (χ1) is 7.89. The van der Waals surface area contributed by atoms with E-state index in [0.717, 1.165) is 16.0 Å². The first-order valence-electron chi connectivity index (χ1n) is 5.78. The highest BCUT2D eigenvalue weighted by Gasteiger charge is 2.25. The van der Waals surface area contributed by atoms with Gasteiger partial charge in [-0.15, -0.1) is 0 Å². The lowest BCUT2D eigenvalue weighted by molar-refractivity contribution is 0.267. The van der Waals surface area contributed by atoms with E-state index in [1.807, 2.05) is 18.2 Å². The fourth-order valence-electron chi connectivity index (χ4n) is 1.47. The summed E-state index contributed by atoms with van der Waals surface area (Å²) >= 11 is 9.43. The van der Waals surface area contributed by atoms with Crippen molar-refractivity contribution >= 4 is 27.5 Å². The van der Waals surface area contributed by atoms with Crippen LogP contribution >= 0.6 is 27.5 Å². The number of nitrogens with two attached hydrogens (primary N) is 1. The predicted molar refractivity (Wildman–Crippen MR) is 78.3 cm³/mol. The SMILES string of the molecule is CC(C)C(C)(CN)NCc1ccc(Cl)cc1Br. The van der Waals surface area contributed by atoms with Crippen LogP contribution in [0, 0.1) is 5.92 Å². The van der Waals surface area contributed by atoms with Crippen molar-refractivity contribution in [3.63, 3.8) is 0 Å². The summed E-state index contributed by atoms with van der Waals surface area (Å²) in [5.74, 6) is 0.485. The fourth-order valence-corrected chi connectivity index (χ4v) is 2.30. The van der Waals surface area contributed by atoms with Gasteiger partial charge in [-0.3, -0.25) is 0 Å². The fraction of sp³-hybridized carbons (Fsp3) is 0.538. The number of halogens is 2. The third-order valence-corrected chi connectivity index (χ3v) is 4.37. The standard InChI is InChI=1S/C13H20BrClN2/c1-9(2)13(3,8-16)17-7-10-4-5-11(15)6-12(10)14/h4-6,9,17H,7-8,16H2,1-3H3. The molecule has 17 heavy (non-hydrogen) atoms. The van der Waals surface area contributed by atoms with Gasteiger partial charge in [0, 0.05) is 28.1 Å². The van der Waals surface area contributed by atoms with Crippen LogP contribution in [0.5, 0.6) is 0 Å². The molecule has 3 N–H and O–H groups in total. The number of benzene rings is 1. The highest BCUT2D eigenvalue weighted by molar-refractivity contribution is 9.10. The largest absolute Gasteiger partial charge is 0.329 e. The predicted octanol–water partition coefficient (Wildman–Crippen LogP) is 3.57. The molecule has 4 heteroatoms. The average molecular weight is 320 g/mol. The Morgan fingerprint density at radius 3 is 2.59 bits per heavy atom. The molecular weight excluding hydrogens is 300 g/mol. The Hall–Kier alpha value is -0.0900. The molecule has 1 atom stereocenters. The van der Waals surface area contributed by atoms with Crippen LogP contribution in [0.1, 0.15) is 26.3 Å². The van der Waals surface area contributed by atoms with Crippen molar-refractivity contribution in [3.8, 4) is 0 Å². The van der Waals surface area contributed by atoms with Crippen molar-refractivity contribution < 1.29 is 0 Å². The first-order valence-corrected chi connectivity index (χ1v) is 6.95. The van der Waals surface area contributed by atoms with E-state index in [1.54, 1.807) is 0 Å². The number of nitrogens with one attached hydrogen (secondary N) is 1. The number of rotatable bonds is 5. The topological polar surface area (TPSA) is 38.0 Å². The maximum Gasteiger partial charge on any atom is 0.0417 e. The molecule has 0 aliphatic rings. The summed E-state index contributed by atoms with van der Waals surface area (Å²) in [6, 6.07) is 5.84. The highest BCUT2D eigenvalue weighted by Crippen LogP contribution is 2.23. The van der Waals surface area contributed by atoms with Crippen LogP contribution in [0.4, 0.5) is 0 Å². The van der Waals surface area contributed by atoms with Gasteiger partial charge in [0.15, 0.2) is 0 Å². The van der Waals surface area contributed by atoms with Crippen molar-refractivity contribution in [2.24, 2.45) is 11.7 Å². The van der Waals surface area contributed by atoms with Gasteiger partial charge in [-0.2, -0.15) is 0 Å². The minimum Gasteiger partial charge on any atom is -0.329 e. The van der Waals surface area contributed by atoms with Gasteiger partial charge in [0.05, 0.1) is 0 Å². The lowest BCUT2D eigenvalue weighted by Crippen LogP contribution is -2.52. The molecule has 1 aromatic carbocycles. The summed E-state index contributed by atoms with van der Waals surface area (Å²) in [4.78, 5) is 0. The quantitative estimate of drug-likeness (QED) is 0.871. The van der Waals surface area contributed by atoms with Gasteiger partial charge in [-0.25, -0.2) is 0 Å². The van der Waals surface area contributed by atoms with E-state index >= 15 is 0 Å². The van der Waals surface area contributed by atoms with Gasteiger partial charge in [0.1, 0.15) is 0 Å². The lowest BCUT2D eigenvalue weighted by Gasteiger charge is -2.34. The second kappa shape index (κ2) is 6.19. The second-order valence-electron chi connectivity index (χ2n) is 4.87. The Morgan fingerprint density at radius 1 is 1.47 bits per heavy atom. The minimum atomic E-state index is -0.0426. The van der Waals surface area contributed by atoms with Crippen LogP contribution in [0.15, 0.2) is 22.7 Å². The molecule has 0 bridgehead atoms. The summed E-state index contributed by atoms with van der Waals surface area (Å²) in [6.07, 6.45) is 0. The molecule has 0 heterocycles. The molecule has 0 aliphatic heterocycles. The van der Waals surface area contributed by atoms with Crippen LogP contribution in [0.2, 0.25) is 5.02 Å². The number of hydrogen-bond acceptors (Lipinski definition) is 2. The zero-order valence-electron chi connectivity index (χ0n) is 10.6. The van der Waals surface area contributed by atoms with E-state index in [0.29, 0.717) is 12.5 Å². The summed E-state index contributed by atoms with van der Waals surface area (Å²) in [6.45, 7) is 7.91. The Kier molecular flexibility index (Phi) is 5.45. The highest BCUT2D eigenvalue weighted by atomic mass is 79.9. The third-order valence-electron chi connectivity index (χ3n) is 3.40. The normalized spacial score (nSPS) is 15.0. The molecule has 0 saturated heterocycles. The molecular formula is C13H20BrClN2. The molecule has 0 saturated carbocycles. The Bertz CT molecular complexity index is 382. The summed E-state index contributed by atoms with van der Waals surface area (Å²) in [5.41, 5.74) is 6.99. The molecule has 1 rings (SSSR count). The van der Waals surface area contributed by atoms with E-state index < -0.39 is 0 Å². The lowest BCUT2D eigenvalue weighted by atomic mass is 9.88. The maximum atomic E-state index is 5.91. The van der Waals surface area contributed by atoms with Gasteiger partial charge < -0.3 is 11.1 Å². The van der Waals surface area contributed by atoms with Gasteiger partial charge in [-0.05, 0) is 30.5 Å². The van der Waals surface area contributed by atoms with Crippen LogP contribution in [-0.2, 0) is 6.54 Å². The summed E-state index contributed by atoms with van der Waals surface area (Å²) in [5, 5.41) is 4.27. The van der Waals surface area contributed by atoms with Crippen molar-refractivity contribution in [2.45, 2.75) is 32.9 Å². The number of hydrogen-bond donors (Lipinski definition) is 2. The van der Waals surface area contributed by atoms with Crippen LogP contribution in [-0.4, -0.2) is 12.1 Å². The zero-order chi connectivity index (χ0) is 13.1. The molecule has 0 spiro atoms. The average Bonchev–Trinajstić information content (AvgIpc) is 2.27. The summed E-state index contributed by atoms with van der Waals surface area (Å²) in [7, 11) is 0. The Balaban J connectivity index is 2.73. The molecule has 1 aromatic rings. The molecule has 2 nitrogen and oxygen atoms in total. The molecule has 0 amide bonds. The van der Waals surface area contributed by atoms with Crippen LogP contribution in [0.3, 0.4) is 0 Å². The van der Waals surface area contributed by atoms with E-state index in [2.05, 4.69) is 42.0 Å². The van der Waals surface area contributed by atoms with E-state index in [4.69, 9.17) is 17.3 Å². The molecule has 0 fully saturated rings. The summed E-state index contributed by atoms with van der Waals surface area (Å²) < 4.78 is 1.03. The molecule has 0 aliphatic carbocycles. The van der Waals surface area contributed by atoms with Crippen molar-refractivity contribution in [1.29, 1.82) is 0 Å². The Morgan fingerprint density at radius 2 is 2.12 bits per heavy atom. The van der Waals surface area contributed by atoms with Gasteiger partial charge in [0.2, 0.25) is 0 Å². The van der Waals surface area contributed by atoms with Gasteiger partial charge in [0.25, 0.3) is 0 Å². The molecule has 96 valence electrons. The van der Waals surface area contributed by atoms with E-state index in [9.17, 15) is 0 Å². The smallest absolute Gasteiger partial charge is 0.0417 e. The van der Waals surface area contributed by atoms with Crippen LogP contribution in [0.25, 0.3) is 0 Å². The molecule has 0 aromatic heterocycles. The molecule has 1 unspecified atom stereocenters. The van der Waals surface area contributed by atoms with Gasteiger partial charge in [-0.1, -0.05) is 47.4 Å². The van der Waals surface area contributed by atoms with Crippen LogP contribution < -0.4 is 11.1 Å². The van der Waals surface area contributed by atoms with Crippen molar-refractivity contribution in [2.75, 3.05) is 6.54 Å². The van der Waals surface area contributed by atoms with E-state index in [-0.39, 0.29) is 5.54 Å². The zero-order valence-corrected chi connectivity index (χ0v) is 12.9. The minimum absolute atomic E-state index is 0.0426. The van der Waals surface area contributed by atoms with Gasteiger partial charge >= 0.3 is 0 Å². The first kappa shape index (κ1) is 15.0. The molecule has 0 radical (unpaired) electrons. The van der Waals surface area contributed by atoms with Crippen molar-refractivity contribution in [3.05, 3.63) is 33.3 Å². The second-order valence-corrected chi connectivity index (χ2v) is 6.16. The van der Waals surface area contributed by atoms with Crippen molar-refractivity contribution in [1.82, 2.24) is 5.32 Å². The van der Waals surface area contributed by atoms with E-state index in [1.165, 1.54) is 5.56 Å².